The Labute approximate surface area is 193 Å². The highest BCUT2D eigenvalue weighted by molar-refractivity contribution is 5.97. The van der Waals surface area contributed by atoms with Gasteiger partial charge in [0.05, 0.1) is 12.6 Å². The van der Waals surface area contributed by atoms with Crippen molar-refractivity contribution in [1.29, 1.82) is 0 Å². The first-order valence-corrected chi connectivity index (χ1v) is 11.4. The van der Waals surface area contributed by atoms with Crippen molar-refractivity contribution in [2.45, 2.75) is 44.4 Å². The van der Waals surface area contributed by atoms with Gasteiger partial charge in [-0.25, -0.2) is 4.39 Å². The number of hydrogen-bond acceptors (Lipinski definition) is 4. The van der Waals surface area contributed by atoms with Gasteiger partial charge in [-0.3, -0.25) is 9.59 Å². The second-order valence-electron chi connectivity index (χ2n) is 8.45. The maximum atomic E-state index is 13.7. The maximum Gasteiger partial charge on any atom is 0.289 e. The SMILES string of the molecule is COCCNC(=O)c1ccc(/C=C2\OC3CCCCC3N(Cc3cccc(F)c3)C2=O)cc1. The molecule has 1 heterocycles. The highest BCUT2D eigenvalue weighted by Crippen LogP contribution is 2.34. The molecule has 0 spiro atoms. The average Bonchev–Trinajstić information content (AvgIpc) is 2.82. The second kappa shape index (κ2) is 10.6. The van der Waals surface area contributed by atoms with Gasteiger partial charge in [0.15, 0.2) is 5.76 Å². The van der Waals surface area contributed by atoms with Crippen LogP contribution in [0.15, 0.2) is 54.3 Å². The number of nitrogens with one attached hydrogen (secondary N) is 1. The third-order valence-corrected chi connectivity index (χ3v) is 6.12. The Hall–Kier alpha value is -3.19. The number of rotatable bonds is 7. The number of carbonyl (C=O) groups is 2. The smallest absolute Gasteiger partial charge is 0.289 e. The van der Waals surface area contributed by atoms with Crippen molar-refractivity contribution in [2.24, 2.45) is 0 Å². The largest absolute Gasteiger partial charge is 0.482 e. The summed E-state index contributed by atoms with van der Waals surface area (Å²) in [6.45, 7) is 1.23. The highest BCUT2D eigenvalue weighted by atomic mass is 19.1. The van der Waals surface area contributed by atoms with Gasteiger partial charge >= 0.3 is 0 Å². The first-order chi connectivity index (χ1) is 16.0. The van der Waals surface area contributed by atoms with Crippen LogP contribution in [-0.2, 0) is 20.8 Å². The molecular formula is C26H29FN2O4. The standard InChI is InChI=1S/C26H29FN2O4/c1-32-14-13-28-25(30)20-11-9-18(10-12-20)16-24-26(31)29(17-19-5-4-6-21(27)15-19)22-7-2-3-8-23(22)33-24/h4-6,9-12,15-16,22-23H,2-3,7-8,13-14,17H2,1H3,(H,28,30)/b24-16-. The molecule has 2 aliphatic rings. The van der Waals surface area contributed by atoms with E-state index < -0.39 is 0 Å². The molecule has 33 heavy (non-hydrogen) atoms. The number of halogens is 1. The van der Waals surface area contributed by atoms with Gasteiger partial charge in [-0.05, 0) is 60.7 Å². The number of amides is 2. The van der Waals surface area contributed by atoms with E-state index in [1.165, 1.54) is 12.1 Å². The summed E-state index contributed by atoms with van der Waals surface area (Å²) >= 11 is 0. The van der Waals surface area contributed by atoms with Crippen LogP contribution in [-0.4, -0.2) is 49.1 Å². The molecule has 1 N–H and O–H groups in total. The zero-order chi connectivity index (χ0) is 23.2. The van der Waals surface area contributed by atoms with Crippen molar-refractivity contribution in [3.8, 4) is 0 Å². The molecule has 6 nitrogen and oxygen atoms in total. The molecule has 0 aromatic heterocycles. The minimum atomic E-state index is -0.310. The predicted molar refractivity (Wildman–Crippen MR) is 123 cm³/mol. The molecule has 2 aromatic carbocycles. The van der Waals surface area contributed by atoms with Crippen molar-refractivity contribution in [3.05, 3.63) is 76.8 Å². The first kappa shape index (κ1) is 23.0. The third-order valence-electron chi connectivity index (χ3n) is 6.12. The van der Waals surface area contributed by atoms with Crippen LogP contribution in [0.3, 0.4) is 0 Å². The molecule has 4 rings (SSSR count). The lowest BCUT2D eigenvalue weighted by Gasteiger charge is -2.44. The fourth-order valence-corrected chi connectivity index (χ4v) is 4.44. The van der Waals surface area contributed by atoms with Crippen molar-refractivity contribution < 1.29 is 23.5 Å². The summed E-state index contributed by atoms with van der Waals surface area (Å²) in [4.78, 5) is 27.4. The van der Waals surface area contributed by atoms with Gasteiger partial charge in [0, 0.05) is 25.8 Å². The Kier molecular flexibility index (Phi) is 7.40. The van der Waals surface area contributed by atoms with Crippen LogP contribution < -0.4 is 5.32 Å². The summed E-state index contributed by atoms with van der Waals surface area (Å²) in [6, 6.07) is 13.4. The summed E-state index contributed by atoms with van der Waals surface area (Å²) in [5.74, 6) is -0.395. The van der Waals surface area contributed by atoms with Gasteiger partial charge < -0.3 is 19.7 Å². The molecular weight excluding hydrogens is 423 g/mol. The topological polar surface area (TPSA) is 67.9 Å². The monoisotopic (exact) mass is 452 g/mol. The molecule has 2 amide bonds. The number of benzene rings is 2. The minimum absolute atomic E-state index is 0.00941. The Morgan fingerprint density at radius 1 is 1.21 bits per heavy atom. The number of nitrogens with zero attached hydrogens (tertiary/aromatic N) is 1. The van der Waals surface area contributed by atoms with E-state index in [0.717, 1.165) is 36.8 Å². The first-order valence-electron chi connectivity index (χ1n) is 11.4. The van der Waals surface area contributed by atoms with Gasteiger partial charge in [0.1, 0.15) is 11.9 Å². The fourth-order valence-electron chi connectivity index (χ4n) is 4.44. The number of fused-ring (bicyclic) bond motifs is 1. The van der Waals surface area contributed by atoms with Gasteiger partial charge in [0.2, 0.25) is 0 Å². The lowest BCUT2D eigenvalue weighted by atomic mass is 9.89. The number of morpholine rings is 1. The van der Waals surface area contributed by atoms with Crippen molar-refractivity contribution in [3.63, 3.8) is 0 Å². The van der Waals surface area contributed by atoms with Crippen LogP contribution in [0.1, 0.15) is 47.2 Å². The average molecular weight is 453 g/mol. The van der Waals surface area contributed by atoms with Gasteiger partial charge in [-0.2, -0.15) is 0 Å². The molecule has 1 aliphatic heterocycles. The van der Waals surface area contributed by atoms with Crippen LogP contribution in [0, 0.1) is 5.82 Å². The van der Waals surface area contributed by atoms with Crippen LogP contribution in [0.2, 0.25) is 0 Å². The lowest BCUT2D eigenvalue weighted by Crippen LogP contribution is -2.54. The molecule has 174 valence electrons. The van der Waals surface area contributed by atoms with E-state index in [0.29, 0.717) is 25.3 Å². The second-order valence-corrected chi connectivity index (χ2v) is 8.45. The zero-order valence-electron chi connectivity index (χ0n) is 18.8. The predicted octanol–water partition coefficient (Wildman–Crippen LogP) is 3.91. The number of carbonyl (C=O) groups excluding carboxylic acids is 2. The van der Waals surface area contributed by atoms with Gasteiger partial charge in [0.25, 0.3) is 11.8 Å². The molecule has 2 aromatic rings. The molecule has 2 atom stereocenters. The summed E-state index contributed by atoms with van der Waals surface area (Å²) in [7, 11) is 1.58. The molecule has 1 saturated heterocycles. The Bertz CT molecular complexity index is 1020. The van der Waals surface area contributed by atoms with E-state index in [-0.39, 0.29) is 35.5 Å². The lowest BCUT2D eigenvalue weighted by molar-refractivity contribution is -0.149. The number of hydrogen-bond donors (Lipinski definition) is 1. The van der Waals surface area contributed by atoms with Crippen molar-refractivity contribution >= 4 is 17.9 Å². The number of ether oxygens (including phenoxy) is 2. The highest BCUT2D eigenvalue weighted by Gasteiger charge is 2.41. The summed E-state index contributed by atoms with van der Waals surface area (Å²) in [5, 5.41) is 2.78. The summed E-state index contributed by atoms with van der Waals surface area (Å²) in [5.41, 5.74) is 2.06. The van der Waals surface area contributed by atoms with Crippen molar-refractivity contribution in [1.82, 2.24) is 10.2 Å². The van der Waals surface area contributed by atoms with E-state index >= 15 is 0 Å². The summed E-state index contributed by atoms with van der Waals surface area (Å²) < 4.78 is 24.8. The molecule has 2 fully saturated rings. The fraction of sp³-hybridized carbons (Fsp3) is 0.385. The summed E-state index contributed by atoms with van der Waals surface area (Å²) in [6.07, 6.45) is 5.52. The van der Waals surface area contributed by atoms with E-state index in [1.807, 2.05) is 11.0 Å². The minimum Gasteiger partial charge on any atom is -0.482 e. The van der Waals surface area contributed by atoms with Crippen LogP contribution in [0.25, 0.3) is 6.08 Å². The van der Waals surface area contributed by atoms with Crippen LogP contribution in [0.5, 0.6) is 0 Å². The normalized spacial score (nSPS) is 21.5. The molecule has 2 unspecified atom stereocenters. The van der Waals surface area contributed by atoms with E-state index in [2.05, 4.69) is 5.32 Å². The maximum absolute atomic E-state index is 13.7. The molecule has 0 bridgehead atoms. The van der Waals surface area contributed by atoms with Gasteiger partial charge in [-0.1, -0.05) is 30.7 Å². The molecule has 1 aliphatic carbocycles. The van der Waals surface area contributed by atoms with Gasteiger partial charge in [-0.15, -0.1) is 0 Å². The molecule has 1 saturated carbocycles. The van der Waals surface area contributed by atoms with Crippen LogP contribution >= 0.6 is 0 Å². The third kappa shape index (κ3) is 5.60. The van der Waals surface area contributed by atoms with E-state index in [4.69, 9.17) is 9.47 Å². The Morgan fingerprint density at radius 2 is 2.00 bits per heavy atom. The molecule has 0 radical (unpaired) electrons. The van der Waals surface area contributed by atoms with E-state index in [9.17, 15) is 14.0 Å². The molecule has 7 heteroatoms. The zero-order valence-corrected chi connectivity index (χ0v) is 18.8. The van der Waals surface area contributed by atoms with Crippen LogP contribution in [0.4, 0.5) is 4.39 Å². The van der Waals surface area contributed by atoms with E-state index in [1.54, 1.807) is 43.5 Å². The Balaban J connectivity index is 1.53. The number of methoxy groups -OCH3 is 1. The quantitative estimate of drug-likeness (QED) is 0.511. The van der Waals surface area contributed by atoms with Crippen molar-refractivity contribution in [2.75, 3.05) is 20.3 Å². The Morgan fingerprint density at radius 3 is 2.76 bits per heavy atom.